The number of aromatic nitrogens is 3. The molecule has 2 heterocycles. The molecule has 2 aromatic heterocycles. The van der Waals surface area contributed by atoms with E-state index in [2.05, 4.69) is 26.0 Å². The molecule has 0 spiro atoms. The van der Waals surface area contributed by atoms with Gasteiger partial charge in [-0.3, -0.25) is 4.79 Å². The summed E-state index contributed by atoms with van der Waals surface area (Å²) >= 11 is 3.27. The van der Waals surface area contributed by atoms with Crippen molar-refractivity contribution in [3.63, 3.8) is 0 Å². The Labute approximate surface area is 81.7 Å². The number of carbonyl (C=O) groups is 1. The first-order chi connectivity index (χ1) is 6.18. The molecule has 0 unspecified atom stereocenters. The normalized spacial score (nSPS) is 10.5. The maximum atomic E-state index is 10.8. The summed E-state index contributed by atoms with van der Waals surface area (Å²) in [6, 6.07) is 5.34. The first kappa shape index (κ1) is 8.18. The maximum absolute atomic E-state index is 10.8. The fraction of sp³-hybridized carbons (Fsp3) is 0. The van der Waals surface area contributed by atoms with Gasteiger partial charge in [0.2, 0.25) is 5.82 Å². The van der Waals surface area contributed by atoms with Crippen LogP contribution in [-0.4, -0.2) is 20.5 Å². The molecule has 2 rings (SSSR count). The molecule has 0 saturated heterocycles. The van der Waals surface area contributed by atoms with Gasteiger partial charge in [-0.1, -0.05) is 6.07 Å². The van der Waals surface area contributed by atoms with Gasteiger partial charge < -0.3 is 5.73 Å². The molecule has 0 aliphatic carbocycles. The maximum Gasteiger partial charge on any atom is 0.288 e. The molecule has 0 radical (unpaired) electrons. The van der Waals surface area contributed by atoms with E-state index in [1.165, 1.54) is 4.52 Å². The number of nitrogens with two attached hydrogens (primary N) is 1. The third-order valence-electron chi connectivity index (χ3n) is 1.53. The molecule has 0 aliphatic rings. The molecule has 66 valence electrons. The van der Waals surface area contributed by atoms with Gasteiger partial charge in [0.05, 0.1) is 0 Å². The molecule has 13 heavy (non-hydrogen) atoms. The Balaban J connectivity index is 2.75. The van der Waals surface area contributed by atoms with Gasteiger partial charge in [0.25, 0.3) is 5.91 Å². The largest absolute Gasteiger partial charge is 0.363 e. The standard InChI is InChI=1S/C7H5BrN4O/c8-4-2-1-3-5-10-7(6(9)13)11-12(4)5/h1-3H,(H2,9,13). The number of hydrogen-bond donors (Lipinski definition) is 1. The van der Waals surface area contributed by atoms with Crippen LogP contribution in [0.3, 0.4) is 0 Å². The molecule has 2 N–H and O–H groups in total. The number of carbonyl (C=O) groups excluding carboxylic acids is 1. The molecule has 2 aromatic rings. The second kappa shape index (κ2) is 2.81. The lowest BCUT2D eigenvalue weighted by molar-refractivity contribution is 0.0990. The molecule has 0 atom stereocenters. The fourth-order valence-corrected chi connectivity index (χ4v) is 1.39. The van der Waals surface area contributed by atoms with Crippen LogP contribution < -0.4 is 5.73 Å². The van der Waals surface area contributed by atoms with Crippen LogP contribution in [-0.2, 0) is 0 Å². The molecular formula is C7H5BrN4O. The van der Waals surface area contributed by atoms with E-state index in [-0.39, 0.29) is 5.82 Å². The highest BCUT2D eigenvalue weighted by molar-refractivity contribution is 9.10. The van der Waals surface area contributed by atoms with E-state index in [0.29, 0.717) is 5.65 Å². The van der Waals surface area contributed by atoms with Gasteiger partial charge in [-0.2, -0.15) is 0 Å². The highest BCUT2D eigenvalue weighted by Gasteiger charge is 2.09. The lowest BCUT2D eigenvalue weighted by Gasteiger charge is -1.91. The van der Waals surface area contributed by atoms with Crippen LogP contribution in [0, 0.1) is 0 Å². The van der Waals surface area contributed by atoms with Crippen molar-refractivity contribution in [1.82, 2.24) is 14.6 Å². The molecule has 6 heteroatoms. The van der Waals surface area contributed by atoms with Gasteiger partial charge >= 0.3 is 0 Å². The summed E-state index contributed by atoms with van der Waals surface area (Å²) in [6.07, 6.45) is 0. The van der Waals surface area contributed by atoms with E-state index in [0.717, 1.165) is 4.60 Å². The van der Waals surface area contributed by atoms with E-state index in [4.69, 9.17) is 5.73 Å². The number of rotatable bonds is 1. The van der Waals surface area contributed by atoms with Crippen LogP contribution in [0.15, 0.2) is 22.8 Å². The van der Waals surface area contributed by atoms with Crippen molar-refractivity contribution in [3.05, 3.63) is 28.6 Å². The van der Waals surface area contributed by atoms with Crippen LogP contribution in [0.25, 0.3) is 5.65 Å². The molecule has 0 fully saturated rings. The predicted molar refractivity (Wildman–Crippen MR) is 49.2 cm³/mol. The Morgan fingerprint density at radius 2 is 2.31 bits per heavy atom. The Morgan fingerprint density at radius 1 is 1.54 bits per heavy atom. The minimum atomic E-state index is -0.629. The zero-order valence-corrected chi connectivity index (χ0v) is 8.02. The van der Waals surface area contributed by atoms with Crippen LogP contribution in [0.5, 0.6) is 0 Å². The summed E-state index contributed by atoms with van der Waals surface area (Å²) in [4.78, 5) is 14.7. The molecule has 0 bridgehead atoms. The summed E-state index contributed by atoms with van der Waals surface area (Å²) in [5.41, 5.74) is 5.62. The summed E-state index contributed by atoms with van der Waals surface area (Å²) in [6.45, 7) is 0. The SMILES string of the molecule is NC(=O)c1nc2cccc(Br)n2n1. The van der Waals surface area contributed by atoms with Gasteiger partial charge in [-0.25, -0.2) is 9.50 Å². The van der Waals surface area contributed by atoms with Crippen LogP contribution >= 0.6 is 15.9 Å². The molecule has 1 amide bonds. The van der Waals surface area contributed by atoms with Gasteiger partial charge in [-0.15, -0.1) is 5.10 Å². The third kappa shape index (κ3) is 1.29. The molecule has 0 saturated carbocycles. The number of primary amides is 1. The molecular weight excluding hydrogens is 236 g/mol. The average Bonchev–Trinajstić information content (AvgIpc) is 2.49. The van der Waals surface area contributed by atoms with Gasteiger partial charge in [0.15, 0.2) is 5.65 Å². The number of halogens is 1. The van der Waals surface area contributed by atoms with Crippen LogP contribution in [0.1, 0.15) is 10.6 Å². The van der Waals surface area contributed by atoms with E-state index in [9.17, 15) is 4.79 Å². The van der Waals surface area contributed by atoms with Crippen LogP contribution in [0.2, 0.25) is 0 Å². The van der Waals surface area contributed by atoms with Gasteiger partial charge in [0, 0.05) is 0 Å². The third-order valence-corrected chi connectivity index (χ3v) is 2.13. The highest BCUT2D eigenvalue weighted by Crippen LogP contribution is 2.11. The number of nitrogens with zero attached hydrogens (tertiary/aromatic N) is 3. The van der Waals surface area contributed by atoms with E-state index < -0.39 is 5.91 Å². The number of fused-ring (bicyclic) bond motifs is 1. The van der Waals surface area contributed by atoms with Gasteiger partial charge in [0.1, 0.15) is 4.60 Å². The molecule has 5 nitrogen and oxygen atoms in total. The number of amides is 1. The van der Waals surface area contributed by atoms with E-state index in [1.807, 2.05) is 0 Å². The molecule has 0 aromatic carbocycles. The second-order valence-electron chi connectivity index (χ2n) is 2.42. The first-order valence-corrected chi connectivity index (χ1v) is 4.29. The van der Waals surface area contributed by atoms with Crippen molar-refractivity contribution < 1.29 is 4.79 Å². The summed E-state index contributed by atoms with van der Waals surface area (Å²) in [5.74, 6) is -0.609. The predicted octanol–water partition coefficient (Wildman–Crippen LogP) is 0.591. The average molecular weight is 241 g/mol. The van der Waals surface area contributed by atoms with E-state index >= 15 is 0 Å². The zero-order chi connectivity index (χ0) is 9.42. The smallest absolute Gasteiger partial charge is 0.288 e. The Bertz CT molecular complexity index is 478. The Morgan fingerprint density at radius 3 is 2.92 bits per heavy atom. The topological polar surface area (TPSA) is 73.3 Å². The summed E-state index contributed by atoms with van der Waals surface area (Å²) < 4.78 is 2.23. The van der Waals surface area contributed by atoms with Crippen molar-refractivity contribution >= 4 is 27.5 Å². The number of hydrogen-bond acceptors (Lipinski definition) is 3. The number of pyridine rings is 1. The monoisotopic (exact) mass is 240 g/mol. The van der Waals surface area contributed by atoms with Crippen LogP contribution in [0.4, 0.5) is 0 Å². The Kier molecular flexibility index (Phi) is 1.77. The van der Waals surface area contributed by atoms with Crippen molar-refractivity contribution in [2.45, 2.75) is 0 Å². The van der Waals surface area contributed by atoms with Crippen molar-refractivity contribution in [3.8, 4) is 0 Å². The zero-order valence-electron chi connectivity index (χ0n) is 6.44. The molecule has 0 aliphatic heterocycles. The minimum absolute atomic E-state index is 0.0203. The lowest BCUT2D eigenvalue weighted by Crippen LogP contribution is -2.13. The second-order valence-corrected chi connectivity index (χ2v) is 3.23. The summed E-state index contributed by atoms with van der Waals surface area (Å²) in [7, 11) is 0. The fourth-order valence-electron chi connectivity index (χ4n) is 0.978. The summed E-state index contributed by atoms with van der Waals surface area (Å²) in [5, 5.41) is 3.90. The van der Waals surface area contributed by atoms with Crippen molar-refractivity contribution in [2.75, 3.05) is 0 Å². The van der Waals surface area contributed by atoms with E-state index in [1.54, 1.807) is 18.2 Å². The Hall–Kier alpha value is -1.43. The first-order valence-electron chi connectivity index (χ1n) is 3.49. The highest BCUT2D eigenvalue weighted by atomic mass is 79.9. The quantitative estimate of drug-likeness (QED) is 0.742. The van der Waals surface area contributed by atoms with Crippen molar-refractivity contribution in [2.24, 2.45) is 5.73 Å². The van der Waals surface area contributed by atoms with Crippen molar-refractivity contribution in [1.29, 1.82) is 0 Å². The lowest BCUT2D eigenvalue weighted by atomic mass is 10.5. The van der Waals surface area contributed by atoms with Gasteiger partial charge in [-0.05, 0) is 28.1 Å². The minimum Gasteiger partial charge on any atom is -0.363 e.